The first-order chi connectivity index (χ1) is 10.2. The van der Waals surface area contributed by atoms with Gasteiger partial charge in [-0.25, -0.2) is 0 Å². The lowest BCUT2D eigenvalue weighted by atomic mass is 10.1. The summed E-state index contributed by atoms with van der Waals surface area (Å²) in [7, 11) is 0. The molecule has 0 aromatic heterocycles. The van der Waals surface area contributed by atoms with Gasteiger partial charge in [-0.3, -0.25) is 4.79 Å². The number of hydrogen-bond donors (Lipinski definition) is 0. The van der Waals surface area contributed by atoms with Crippen LogP contribution in [0.25, 0.3) is 0 Å². The Bertz CT molecular complexity index is 256. The minimum absolute atomic E-state index is 0.0197. The van der Waals surface area contributed by atoms with Gasteiger partial charge in [0.05, 0.1) is 6.10 Å². The van der Waals surface area contributed by atoms with Crippen LogP contribution in [0.15, 0.2) is 12.2 Å². The molecule has 0 aliphatic heterocycles. The third-order valence-electron chi connectivity index (χ3n) is 3.51. The highest BCUT2D eigenvalue weighted by Crippen LogP contribution is 2.09. The van der Waals surface area contributed by atoms with E-state index in [4.69, 9.17) is 4.74 Å². The van der Waals surface area contributed by atoms with E-state index in [2.05, 4.69) is 19.1 Å². The second kappa shape index (κ2) is 15.6. The van der Waals surface area contributed by atoms with Crippen LogP contribution in [-0.4, -0.2) is 12.1 Å². The molecule has 0 unspecified atom stereocenters. The molecule has 0 saturated heterocycles. The molecule has 0 bridgehead atoms. The van der Waals surface area contributed by atoms with E-state index in [-0.39, 0.29) is 12.1 Å². The van der Waals surface area contributed by atoms with Gasteiger partial charge in [0.15, 0.2) is 0 Å². The van der Waals surface area contributed by atoms with Gasteiger partial charge >= 0.3 is 5.97 Å². The van der Waals surface area contributed by atoms with Gasteiger partial charge in [-0.15, -0.1) is 0 Å². The highest BCUT2D eigenvalue weighted by molar-refractivity contribution is 5.69. The second-order valence-corrected chi connectivity index (χ2v) is 6.17. The van der Waals surface area contributed by atoms with Crippen molar-refractivity contribution < 1.29 is 9.53 Å². The zero-order valence-corrected chi connectivity index (χ0v) is 14.5. The molecule has 0 heterocycles. The Morgan fingerprint density at radius 1 is 0.857 bits per heavy atom. The van der Waals surface area contributed by atoms with Crippen LogP contribution in [0.5, 0.6) is 0 Å². The standard InChI is InChI=1S/C19H36O2/c1-4-5-6-7-8-9-10-11-12-13-14-15-16-17-19(20)21-18(2)3/h9-10,18H,4-8,11-17H2,1-3H3/b10-9-. The average Bonchev–Trinajstić information content (AvgIpc) is 2.43. The maximum atomic E-state index is 11.3. The summed E-state index contributed by atoms with van der Waals surface area (Å²) >= 11 is 0. The molecule has 0 amide bonds. The van der Waals surface area contributed by atoms with Gasteiger partial charge < -0.3 is 4.74 Å². The number of allylic oxidation sites excluding steroid dienone is 2. The molecule has 0 aliphatic rings. The van der Waals surface area contributed by atoms with Gasteiger partial charge in [0.2, 0.25) is 0 Å². The number of hydrogen-bond acceptors (Lipinski definition) is 2. The van der Waals surface area contributed by atoms with Crippen molar-refractivity contribution in [1.29, 1.82) is 0 Å². The Hall–Kier alpha value is -0.790. The topological polar surface area (TPSA) is 26.3 Å². The van der Waals surface area contributed by atoms with Gasteiger partial charge in [-0.1, -0.05) is 57.6 Å². The smallest absolute Gasteiger partial charge is 0.306 e. The predicted molar refractivity (Wildman–Crippen MR) is 91.4 cm³/mol. The number of unbranched alkanes of at least 4 members (excludes halogenated alkanes) is 9. The molecule has 0 rings (SSSR count). The van der Waals surface area contributed by atoms with Gasteiger partial charge in [0.25, 0.3) is 0 Å². The molecule has 0 radical (unpaired) electrons. The summed E-state index contributed by atoms with van der Waals surface area (Å²) in [5, 5.41) is 0. The van der Waals surface area contributed by atoms with Crippen molar-refractivity contribution in [3.63, 3.8) is 0 Å². The van der Waals surface area contributed by atoms with E-state index in [1.807, 2.05) is 13.8 Å². The Balaban J connectivity index is 3.18. The summed E-state index contributed by atoms with van der Waals surface area (Å²) in [5.74, 6) is -0.0454. The van der Waals surface area contributed by atoms with Crippen molar-refractivity contribution in [2.45, 2.75) is 104 Å². The summed E-state index contributed by atoms with van der Waals surface area (Å²) < 4.78 is 5.11. The van der Waals surface area contributed by atoms with Crippen molar-refractivity contribution >= 4 is 5.97 Å². The van der Waals surface area contributed by atoms with Crippen LogP contribution in [0.3, 0.4) is 0 Å². The molecular weight excluding hydrogens is 260 g/mol. The van der Waals surface area contributed by atoms with Crippen LogP contribution in [0, 0.1) is 0 Å². The van der Waals surface area contributed by atoms with E-state index in [9.17, 15) is 4.79 Å². The molecular formula is C19H36O2. The third kappa shape index (κ3) is 17.2. The van der Waals surface area contributed by atoms with Crippen LogP contribution in [0.4, 0.5) is 0 Å². The van der Waals surface area contributed by atoms with Crippen LogP contribution < -0.4 is 0 Å². The Morgan fingerprint density at radius 3 is 1.95 bits per heavy atom. The lowest BCUT2D eigenvalue weighted by molar-refractivity contribution is -0.147. The lowest BCUT2D eigenvalue weighted by Gasteiger charge is -2.07. The summed E-state index contributed by atoms with van der Waals surface area (Å²) in [5.41, 5.74) is 0. The Morgan fingerprint density at radius 2 is 1.38 bits per heavy atom. The maximum Gasteiger partial charge on any atom is 0.306 e. The molecule has 0 aliphatic carbocycles. The van der Waals surface area contributed by atoms with Crippen molar-refractivity contribution in [2.75, 3.05) is 0 Å². The first-order valence-electron chi connectivity index (χ1n) is 9.01. The molecule has 0 saturated carbocycles. The zero-order chi connectivity index (χ0) is 15.8. The molecule has 2 nitrogen and oxygen atoms in total. The van der Waals surface area contributed by atoms with Crippen molar-refractivity contribution in [2.24, 2.45) is 0 Å². The molecule has 0 aromatic carbocycles. The fraction of sp³-hybridized carbons (Fsp3) is 0.842. The fourth-order valence-corrected chi connectivity index (χ4v) is 2.31. The van der Waals surface area contributed by atoms with Crippen LogP contribution in [0.2, 0.25) is 0 Å². The number of carbonyl (C=O) groups is 1. The van der Waals surface area contributed by atoms with Crippen molar-refractivity contribution in [3.8, 4) is 0 Å². The van der Waals surface area contributed by atoms with E-state index in [1.54, 1.807) is 0 Å². The van der Waals surface area contributed by atoms with Gasteiger partial charge in [0, 0.05) is 6.42 Å². The quantitative estimate of drug-likeness (QED) is 0.217. The third-order valence-corrected chi connectivity index (χ3v) is 3.51. The molecule has 0 spiro atoms. The van der Waals surface area contributed by atoms with Gasteiger partial charge in [-0.2, -0.15) is 0 Å². The van der Waals surface area contributed by atoms with E-state index >= 15 is 0 Å². The molecule has 21 heavy (non-hydrogen) atoms. The number of esters is 1. The van der Waals surface area contributed by atoms with E-state index < -0.39 is 0 Å². The normalized spacial score (nSPS) is 11.4. The van der Waals surface area contributed by atoms with Gasteiger partial charge in [-0.05, 0) is 46.0 Å². The minimum Gasteiger partial charge on any atom is -0.463 e. The van der Waals surface area contributed by atoms with Gasteiger partial charge in [0.1, 0.15) is 0 Å². The Labute approximate surface area is 132 Å². The molecule has 0 fully saturated rings. The van der Waals surface area contributed by atoms with Crippen LogP contribution in [0.1, 0.15) is 97.8 Å². The molecule has 0 N–H and O–H groups in total. The highest BCUT2D eigenvalue weighted by atomic mass is 16.5. The number of carbonyl (C=O) groups excluding carboxylic acids is 1. The van der Waals surface area contributed by atoms with Crippen molar-refractivity contribution in [3.05, 3.63) is 12.2 Å². The summed E-state index contributed by atoms with van der Waals surface area (Å²) in [4.78, 5) is 11.3. The molecule has 124 valence electrons. The van der Waals surface area contributed by atoms with E-state index in [0.717, 1.165) is 12.8 Å². The SMILES string of the molecule is CCCCCC/C=C\CCCCCCCC(=O)OC(C)C. The molecule has 0 atom stereocenters. The number of ether oxygens (including phenoxy) is 1. The molecule has 2 heteroatoms. The van der Waals surface area contributed by atoms with Crippen molar-refractivity contribution in [1.82, 2.24) is 0 Å². The zero-order valence-electron chi connectivity index (χ0n) is 14.5. The highest BCUT2D eigenvalue weighted by Gasteiger charge is 2.04. The van der Waals surface area contributed by atoms with E-state index in [1.165, 1.54) is 57.8 Å². The first-order valence-corrected chi connectivity index (χ1v) is 9.01. The summed E-state index contributed by atoms with van der Waals surface area (Å²) in [6.07, 6.45) is 19.1. The first kappa shape index (κ1) is 20.2. The predicted octanol–water partition coefficient (Wildman–Crippen LogP) is 6.20. The monoisotopic (exact) mass is 296 g/mol. The molecule has 0 aromatic rings. The van der Waals surface area contributed by atoms with Crippen LogP contribution >= 0.6 is 0 Å². The number of rotatable bonds is 14. The Kier molecular flexibility index (Phi) is 15.0. The second-order valence-electron chi connectivity index (χ2n) is 6.17. The summed E-state index contributed by atoms with van der Waals surface area (Å²) in [6, 6.07) is 0. The summed E-state index contributed by atoms with van der Waals surface area (Å²) in [6.45, 7) is 6.05. The fourth-order valence-electron chi connectivity index (χ4n) is 2.31. The average molecular weight is 296 g/mol. The minimum atomic E-state index is -0.0454. The maximum absolute atomic E-state index is 11.3. The van der Waals surface area contributed by atoms with Crippen LogP contribution in [-0.2, 0) is 9.53 Å². The lowest BCUT2D eigenvalue weighted by Crippen LogP contribution is -2.10. The largest absolute Gasteiger partial charge is 0.463 e. The van der Waals surface area contributed by atoms with E-state index in [0.29, 0.717) is 6.42 Å².